The molecule has 1 aromatic rings. The summed E-state index contributed by atoms with van der Waals surface area (Å²) in [7, 11) is 0. The summed E-state index contributed by atoms with van der Waals surface area (Å²) >= 11 is 0. The molecular formula is C15H20F2N2. The molecule has 19 heavy (non-hydrogen) atoms. The van der Waals surface area contributed by atoms with Gasteiger partial charge in [0.25, 0.3) is 0 Å². The third kappa shape index (κ3) is 2.73. The summed E-state index contributed by atoms with van der Waals surface area (Å²) in [4.78, 5) is 0. The molecule has 2 aliphatic rings. The van der Waals surface area contributed by atoms with Gasteiger partial charge in [-0.1, -0.05) is 6.42 Å². The number of benzene rings is 1. The molecule has 1 saturated carbocycles. The van der Waals surface area contributed by atoms with Crippen molar-refractivity contribution in [1.29, 1.82) is 0 Å². The first-order valence-electron chi connectivity index (χ1n) is 7.19. The molecule has 2 fully saturated rings. The zero-order valence-electron chi connectivity index (χ0n) is 11.0. The van der Waals surface area contributed by atoms with Crippen molar-refractivity contribution in [3.63, 3.8) is 0 Å². The van der Waals surface area contributed by atoms with Crippen molar-refractivity contribution in [1.82, 2.24) is 5.32 Å². The smallest absolute Gasteiger partial charge is 0.160 e. The van der Waals surface area contributed by atoms with Gasteiger partial charge in [-0.05, 0) is 50.3 Å². The fraction of sp³-hybridized carbons (Fsp3) is 0.600. The number of anilines is 1. The van der Waals surface area contributed by atoms with Gasteiger partial charge >= 0.3 is 0 Å². The minimum absolute atomic E-state index is 0.375. The molecule has 0 spiro atoms. The maximum atomic E-state index is 13.2. The van der Waals surface area contributed by atoms with Crippen molar-refractivity contribution >= 4 is 5.69 Å². The number of hydrogen-bond acceptors (Lipinski definition) is 2. The van der Waals surface area contributed by atoms with E-state index in [2.05, 4.69) is 10.6 Å². The average Bonchev–Trinajstić information content (AvgIpc) is 3.04. The average molecular weight is 266 g/mol. The summed E-state index contributed by atoms with van der Waals surface area (Å²) in [5.74, 6) is -0.958. The van der Waals surface area contributed by atoms with Crippen LogP contribution >= 0.6 is 0 Å². The van der Waals surface area contributed by atoms with Gasteiger partial charge in [-0.2, -0.15) is 0 Å². The number of rotatable bonds is 3. The van der Waals surface area contributed by atoms with Crippen molar-refractivity contribution < 1.29 is 8.78 Å². The first kappa shape index (κ1) is 12.9. The van der Waals surface area contributed by atoms with Crippen molar-refractivity contribution in [2.45, 2.75) is 44.2 Å². The monoisotopic (exact) mass is 266 g/mol. The lowest BCUT2D eigenvalue weighted by Crippen LogP contribution is -2.38. The molecule has 1 heterocycles. The molecule has 104 valence electrons. The Labute approximate surface area is 112 Å². The maximum absolute atomic E-state index is 13.2. The predicted molar refractivity (Wildman–Crippen MR) is 72.1 cm³/mol. The normalized spacial score (nSPS) is 30.7. The number of nitrogens with one attached hydrogen (secondary N) is 2. The van der Waals surface area contributed by atoms with Crippen LogP contribution < -0.4 is 10.6 Å². The van der Waals surface area contributed by atoms with Crippen LogP contribution in [0.5, 0.6) is 0 Å². The summed E-state index contributed by atoms with van der Waals surface area (Å²) < 4.78 is 26.1. The lowest BCUT2D eigenvalue weighted by Gasteiger charge is -2.27. The highest BCUT2D eigenvalue weighted by Crippen LogP contribution is 2.34. The van der Waals surface area contributed by atoms with Crippen LogP contribution in [0.1, 0.15) is 32.1 Å². The van der Waals surface area contributed by atoms with Crippen LogP contribution in [0.4, 0.5) is 14.5 Å². The zero-order valence-corrected chi connectivity index (χ0v) is 11.0. The summed E-state index contributed by atoms with van der Waals surface area (Å²) in [5.41, 5.74) is 0.689. The number of hydrogen-bond donors (Lipinski definition) is 2. The second-order valence-corrected chi connectivity index (χ2v) is 5.68. The van der Waals surface area contributed by atoms with Crippen molar-refractivity contribution in [2.24, 2.45) is 5.92 Å². The van der Waals surface area contributed by atoms with Gasteiger partial charge in [-0.15, -0.1) is 0 Å². The van der Waals surface area contributed by atoms with E-state index < -0.39 is 11.6 Å². The topological polar surface area (TPSA) is 24.1 Å². The molecule has 0 amide bonds. The van der Waals surface area contributed by atoms with E-state index in [4.69, 9.17) is 0 Å². The maximum Gasteiger partial charge on any atom is 0.160 e. The van der Waals surface area contributed by atoms with E-state index in [1.165, 1.54) is 37.8 Å². The van der Waals surface area contributed by atoms with Gasteiger partial charge in [0.15, 0.2) is 11.6 Å². The Morgan fingerprint density at radius 2 is 1.95 bits per heavy atom. The van der Waals surface area contributed by atoms with Gasteiger partial charge in [-0.3, -0.25) is 0 Å². The molecule has 1 aromatic carbocycles. The lowest BCUT2D eigenvalue weighted by atomic mass is 9.93. The number of halogens is 2. The van der Waals surface area contributed by atoms with Gasteiger partial charge in [0.2, 0.25) is 0 Å². The van der Waals surface area contributed by atoms with Crippen LogP contribution in [0.3, 0.4) is 0 Å². The van der Waals surface area contributed by atoms with Gasteiger partial charge in [-0.25, -0.2) is 8.78 Å². The zero-order chi connectivity index (χ0) is 13.2. The Balaban J connectivity index is 1.69. The van der Waals surface area contributed by atoms with Crippen LogP contribution in [0.25, 0.3) is 0 Å². The quantitative estimate of drug-likeness (QED) is 0.877. The molecule has 2 N–H and O–H groups in total. The van der Waals surface area contributed by atoms with E-state index >= 15 is 0 Å². The fourth-order valence-corrected chi connectivity index (χ4v) is 3.53. The first-order valence-corrected chi connectivity index (χ1v) is 7.19. The molecule has 3 unspecified atom stereocenters. The van der Waals surface area contributed by atoms with Crippen LogP contribution in [-0.4, -0.2) is 18.6 Å². The van der Waals surface area contributed by atoms with E-state index in [9.17, 15) is 8.78 Å². The van der Waals surface area contributed by atoms with Gasteiger partial charge < -0.3 is 10.6 Å². The van der Waals surface area contributed by atoms with E-state index in [1.807, 2.05) is 0 Å². The van der Waals surface area contributed by atoms with E-state index in [1.54, 1.807) is 6.07 Å². The minimum atomic E-state index is -0.786. The van der Waals surface area contributed by atoms with Crippen LogP contribution in [0, 0.1) is 17.6 Å². The second-order valence-electron chi connectivity index (χ2n) is 5.68. The highest BCUT2D eigenvalue weighted by atomic mass is 19.2. The van der Waals surface area contributed by atoms with E-state index in [0.717, 1.165) is 13.0 Å². The molecule has 1 aliphatic heterocycles. The molecule has 0 radical (unpaired) electrons. The predicted octanol–water partition coefficient (Wildman–Crippen LogP) is 3.30. The molecule has 1 aliphatic carbocycles. The van der Waals surface area contributed by atoms with Crippen molar-refractivity contribution in [3.8, 4) is 0 Å². The highest BCUT2D eigenvalue weighted by molar-refractivity contribution is 5.44. The summed E-state index contributed by atoms with van der Waals surface area (Å²) in [6, 6.07) is 5.03. The van der Waals surface area contributed by atoms with E-state index in [-0.39, 0.29) is 0 Å². The highest BCUT2D eigenvalue weighted by Gasteiger charge is 2.34. The van der Waals surface area contributed by atoms with Crippen LogP contribution in [0.2, 0.25) is 0 Å². The SMILES string of the molecule is Fc1ccc(NC2CCCC2C2CCCN2)cc1F. The Morgan fingerprint density at radius 3 is 2.68 bits per heavy atom. The third-order valence-corrected chi connectivity index (χ3v) is 4.46. The molecule has 1 saturated heterocycles. The van der Waals surface area contributed by atoms with Gasteiger partial charge in [0.05, 0.1) is 0 Å². The van der Waals surface area contributed by atoms with Crippen LogP contribution in [-0.2, 0) is 0 Å². The standard InChI is InChI=1S/C15H20F2N2/c16-12-7-6-10(9-13(12)17)19-15-4-1-3-11(15)14-5-2-8-18-14/h6-7,9,11,14-15,18-19H,1-5,8H2. The summed E-state index contributed by atoms with van der Waals surface area (Å²) in [6.07, 6.45) is 6.03. The van der Waals surface area contributed by atoms with E-state index in [0.29, 0.717) is 23.7 Å². The largest absolute Gasteiger partial charge is 0.382 e. The van der Waals surface area contributed by atoms with Crippen molar-refractivity contribution in [2.75, 3.05) is 11.9 Å². The molecule has 3 rings (SSSR count). The molecule has 0 aromatic heterocycles. The Bertz CT molecular complexity index is 444. The van der Waals surface area contributed by atoms with Crippen LogP contribution in [0.15, 0.2) is 18.2 Å². The van der Waals surface area contributed by atoms with Gasteiger partial charge in [0, 0.05) is 23.8 Å². The fourth-order valence-electron chi connectivity index (χ4n) is 3.53. The summed E-state index contributed by atoms with van der Waals surface area (Å²) in [5, 5.41) is 6.95. The molecule has 2 nitrogen and oxygen atoms in total. The molecule has 3 atom stereocenters. The van der Waals surface area contributed by atoms with Gasteiger partial charge in [0.1, 0.15) is 0 Å². The Hall–Kier alpha value is -1.16. The molecule has 4 heteroatoms. The third-order valence-electron chi connectivity index (χ3n) is 4.46. The lowest BCUT2D eigenvalue weighted by molar-refractivity contribution is 0.376. The molecular weight excluding hydrogens is 246 g/mol. The first-order chi connectivity index (χ1) is 9.24. The Kier molecular flexibility index (Phi) is 3.69. The molecule has 0 bridgehead atoms. The summed E-state index contributed by atoms with van der Waals surface area (Å²) in [6.45, 7) is 1.11. The minimum Gasteiger partial charge on any atom is -0.382 e. The van der Waals surface area contributed by atoms with Crippen molar-refractivity contribution in [3.05, 3.63) is 29.8 Å². The Morgan fingerprint density at radius 1 is 1.05 bits per heavy atom. The second kappa shape index (κ2) is 5.45.